The van der Waals surface area contributed by atoms with E-state index in [0.29, 0.717) is 38.7 Å². The van der Waals surface area contributed by atoms with Crippen LogP contribution in [-0.4, -0.2) is 10.9 Å². The summed E-state index contributed by atoms with van der Waals surface area (Å²) in [6.07, 6.45) is 3.94. The minimum absolute atomic E-state index is 0.287. The number of halogens is 2. The minimum atomic E-state index is -0.287. The van der Waals surface area contributed by atoms with Crippen molar-refractivity contribution < 1.29 is 13.6 Å². The molecule has 5 rings (SSSR count). The zero-order valence-electron chi connectivity index (χ0n) is 18.7. The van der Waals surface area contributed by atoms with E-state index in [0.717, 1.165) is 23.1 Å². The molecule has 2 aromatic heterocycles. The Bertz CT molecular complexity index is 1550. The summed E-state index contributed by atoms with van der Waals surface area (Å²) in [6.45, 7) is 2.10. The molecule has 0 saturated heterocycles. The minimum Gasteiger partial charge on any atom is -0.457 e. The summed E-state index contributed by atoms with van der Waals surface area (Å²) in [4.78, 5) is 17.0. The lowest BCUT2D eigenvalue weighted by molar-refractivity contribution is -0.111. The number of nitrogens with zero attached hydrogens (tertiary/aromatic N) is 1. The highest BCUT2D eigenvalue weighted by molar-refractivity contribution is 6.43. The molecule has 0 unspecified atom stereocenters. The number of aryl methyl sites for hydroxylation is 1. The van der Waals surface area contributed by atoms with Crippen molar-refractivity contribution in [2.45, 2.75) is 13.3 Å². The fourth-order valence-corrected chi connectivity index (χ4v) is 4.03. The molecular formula is C28H20Cl2N2O3. The van der Waals surface area contributed by atoms with Gasteiger partial charge in [0.05, 0.1) is 10.0 Å². The third-order valence-electron chi connectivity index (χ3n) is 5.50. The van der Waals surface area contributed by atoms with Crippen LogP contribution in [0.4, 0.5) is 5.69 Å². The van der Waals surface area contributed by atoms with Crippen molar-refractivity contribution in [3.63, 3.8) is 0 Å². The summed E-state index contributed by atoms with van der Waals surface area (Å²) in [6, 6.07) is 22.2. The number of benzene rings is 3. The van der Waals surface area contributed by atoms with Crippen LogP contribution in [0.15, 0.2) is 87.7 Å². The van der Waals surface area contributed by atoms with Gasteiger partial charge in [-0.25, -0.2) is 4.98 Å². The van der Waals surface area contributed by atoms with Gasteiger partial charge in [-0.1, -0.05) is 42.3 Å². The molecule has 0 aliphatic heterocycles. The van der Waals surface area contributed by atoms with Crippen molar-refractivity contribution in [1.82, 2.24) is 4.98 Å². The topological polar surface area (TPSA) is 68.3 Å². The number of hydrogen-bond donors (Lipinski definition) is 1. The number of fused-ring (bicyclic) bond motifs is 1. The molecule has 7 heteroatoms. The largest absolute Gasteiger partial charge is 0.457 e. The van der Waals surface area contributed by atoms with Gasteiger partial charge in [0.25, 0.3) is 0 Å². The molecule has 35 heavy (non-hydrogen) atoms. The van der Waals surface area contributed by atoms with Crippen LogP contribution in [0.3, 0.4) is 0 Å². The molecule has 0 bridgehead atoms. The lowest BCUT2D eigenvalue weighted by Gasteiger charge is -2.03. The van der Waals surface area contributed by atoms with Crippen LogP contribution in [-0.2, 0) is 11.2 Å². The smallest absolute Gasteiger partial charge is 0.248 e. The molecule has 0 fully saturated rings. The molecular weight excluding hydrogens is 483 g/mol. The van der Waals surface area contributed by atoms with E-state index in [2.05, 4.69) is 17.2 Å². The first-order valence-electron chi connectivity index (χ1n) is 11.0. The Morgan fingerprint density at radius 2 is 1.83 bits per heavy atom. The lowest BCUT2D eigenvalue weighted by Crippen LogP contribution is -2.07. The van der Waals surface area contributed by atoms with Gasteiger partial charge in [-0.05, 0) is 78.7 Å². The van der Waals surface area contributed by atoms with Gasteiger partial charge in [0, 0.05) is 22.9 Å². The van der Waals surface area contributed by atoms with Crippen molar-refractivity contribution in [2.24, 2.45) is 0 Å². The molecule has 5 nitrogen and oxygen atoms in total. The van der Waals surface area contributed by atoms with E-state index in [-0.39, 0.29) is 5.91 Å². The second-order valence-electron chi connectivity index (χ2n) is 7.88. The molecule has 3 aromatic carbocycles. The number of nitrogens with one attached hydrogen (secondary N) is 1. The van der Waals surface area contributed by atoms with E-state index in [4.69, 9.17) is 32.0 Å². The summed E-state index contributed by atoms with van der Waals surface area (Å²) in [5, 5.41) is 3.70. The van der Waals surface area contributed by atoms with E-state index in [1.54, 1.807) is 42.5 Å². The molecule has 0 atom stereocenters. The maximum absolute atomic E-state index is 12.4. The Balaban J connectivity index is 1.24. The van der Waals surface area contributed by atoms with E-state index in [9.17, 15) is 4.79 Å². The molecule has 0 aliphatic rings. The van der Waals surface area contributed by atoms with Gasteiger partial charge >= 0.3 is 0 Å². The SMILES string of the molecule is CCc1ccc2oc(-c3ccc(NC(=O)C=Cc4ccc(-c5cccc(Cl)c5Cl)o4)cc3)nc2c1. The van der Waals surface area contributed by atoms with Gasteiger partial charge in [0.15, 0.2) is 5.58 Å². The van der Waals surface area contributed by atoms with Crippen LogP contribution in [0.2, 0.25) is 10.0 Å². The van der Waals surface area contributed by atoms with E-state index in [1.165, 1.54) is 11.6 Å². The first kappa shape index (κ1) is 23.0. The van der Waals surface area contributed by atoms with Gasteiger partial charge in [-0.2, -0.15) is 0 Å². The quantitative estimate of drug-likeness (QED) is 0.237. The summed E-state index contributed by atoms with van der Waals surface area (Å²) in [5.41, 5.74) is 4.96. The van der Waals surface area contributed by atoms with Crippen LogP contribution in [0.25, 0.3) is 40.0 Å². The Morgan fingerprint density at radius 1 is 1.00 bits per heavy atom. The first-order chi connectivity index (χ1) is 17.0. The van der Waals surface area contributed by atoms with Gasteiger partial charge in [0.1, 0.15) is 17.0 Å². The van der Waals surface area contributed by atoms with Crippen LogP contribution in [0.1, 0.15) is 18.2 Å². The van der Waals surface area contributed by atoms with Crippen LogP contribution >= 0.6 is 23.2 Å². The maximum Gasteiger partial charge on any atom is 0.248 e. The van der Waals surface area contributed by atoms with Crippen molar-refractivity contribution in [3.8, 4) is 22.8 Å². The fraction of sp³-hybridized carbons (Fsp3) is 0.0714. The molecule has 5 aromatic rings. The fourth-order valence-electron chi connectivity index (χ4n) is 3.64. The standard InChI is InChI=1S/C28H20Cl2N2O3/c1-2-17-6-13-25-23(16-17)32-28(35-25)18-7-9-19(10-8-18)31-26(33)15-12-20-11-14-24(34-20)21-4-3-5-22(29)27(21)30/h3-16H,2H2,1H3,(H,31,33). The highest BCUT2D eigenvalue weighted by atomic mass is 35.5. The molecule has 0 saturated carbocycles. The number of amides is 1. The van der Waals surface area contributed by atoms with Gasteiger partial charge < -0.3 is 14.2 Å². The zero-order valence-corrected chi connectivity index (χ0v) is 20.2. The average molecular weight is 503 g/mol. The monoisotopic (exact) mass is 502 g/mol. The number of carbonyl (C=O) groups excluding carboxylic acids is 1. The first-order valence-corrected chi connectivity index (χ1v) is 11.8. The second-order valence-corrected chi connectivity index (χ2v) is 8.66. The van der Waals surface area contributed by atoms with Gasteiger partial charge in [-0.3, -0.25) is 4.79 Å². The molecule has 1 amide bonds. The number of furan rings is 1. The number of oxazole rings is 1. The highest BCUT2D eigenvalue weighted by Crippen LogP contribution is 2.34. The molecule has 0 radical (unpaired) electrons. The predicted octanol–water partition coefficient (Wildman–Crippen LogP) is 8.28. The van der Waals surface area contributed by atoms with E-state index >= 15 is 0 Å². The second kappa shape index (κ2) is 9.82. The van der Waals surface area contributed by atoms with Crippen molar-refractivity contribution >= 4 is 52.0 Å². The summed E-state index contributed by atoms with van der Waals surface area (Å²) >= 11 is 12.3. The number of hydrogen-bond acceptors (Lipinski definition) is 4. The summed E-state index contributed by atoms with van der Waals surface area (Å²) < 4.78 is 11.7. The highest BCUT2D eigenvalue weighted by Gasteiger charge is 2.11. The average Bonchev–Trinajstić information content (AvgIpc) is 3.51. The zero-order chi connectivity index (χ0) is 24.4. The normalized spacial score (nSPS) is 11.4. The van der Waals surface area contributed by atoms with Gasteiger partial charge in [0.2, 0.25) is 11.8 Å². The third kappa shape index (κ3) is 5.02. The molecule has 174 valence electrons. The lowest BCUT2D eigenvalue weighted by atomic mass is 10.1. The van der Waals surface area contributed by atoms with Crippen LogP contribution in [0, 0.1) is 0 Å². The number of carbonyl (C=O) groups is 1. The predicted molar refractivity (Wildman–Crippen MR) is 141 cm³/mol. The van der Waals surface area contributed by atoms with Crippen molar-refractivity contribution in [1.29, 1.82) is 0 Å². The Labute approximate surface area is 212 Å². The van der Waals surface area contributed by atoms with Crippen LogP contribution in [0.5, 0.6) is 0 Å². The Kier molecular flexibility index (Phi) is 6.45. The van der Waals surface area contributed by atoms with E-state index in [1.807, 2.05) is 36.4 Å². The summed E-state index contributed by atoms with van der Waals surface area (Å²) in [7, 11) is 0. The Morgan fingerprint density at radius 3 is 2.63 bits per heavy atom. The van der Waals surface area contributed by atoms with E-state index < -0.39 is 0 Å². The van der Waals surface area contributed by atoms with Crippen LogP contribution < -0.4 is 5.32 Å². The number of rotatable bonds is 6. The molecule has 1 N–H and O–H groups in total. The molecule has 2 heterocycles. The maximum atomic E-state index is 12.4. The van der Waals surface area contributed by atoms with Crippen molar-refractivity contribution in [2.75, 3.05) is 5.32 Å². The van der Waals surface area contributed by atoms with Gasteiger partial charge in [-0.15, -0.1) is 0 Å². The summed E-state index contributed by atoms with van der Waals surface area (Å²) in [5.74, 6) is 1.34. The molecule has 0 spiro atoms. The number of anilines is 1. The van der Waals surface area contributed by atoms with Crippen molar-refractivity contribution in [3.05, 3.63) is 100 Å². The molecule has 0 aliphatic carbocycles. The Hall–Kier alpha value is -3.80. The number of aromatic nitrogens is 1. The third-order valence-corrected chi connectivity index (χ3v) is 6.32.